The van der Waals surface area contributed by atoms with Gasteiger partial charge in [-0.1, -0.05) is 61.4 Å². The standard InChI is InChI=1S/C27H30N2O5/c30-25(29-13-11-18(12-14-29)26(31)32)24(15-17-9-10-17)28-27(33)34-16-23-21-7-3-1-5-19(21)20-6-2-4-8-22(20)23/h1-8,17-18,23-24H,9-16H2,(H,28,33)(H,31,32)/t24-/m0/s1. The Balaban J connectivity index is 1.22. The molecule has 2 aliphatic carbocycles. The van der Waals surface area contributed by atoms with Gasteiger partial charge in [-0.15, -0.1) is 0 Å². The van der Waals surface area contributed by atoms with Gasteiger partial charge in [0, 0.05) is 19.0 Å². The van der Waals surface area contributed by atoms with Gasteiger partial charge in [0.25, 0.3) is 0 Å². The number of carboxylic acids is 1. The highest BCUT2D eigenvalue weighted by atomic mass is 16.5. The molecule has 2 aromatic carbocycles. The second kappa shape index (κ2) is 9.49. The SMILES string of the molecule is O=C(N[C@@H](CC1CC1)C(=O)N1CCC(C(=O)O)CC1)OCC1c2ccccc2-c2ccccc21. The quantitative estimate of drug-likeness (QED) is 0.648. The maximum absolute atomic E-state index is 13.2. The summed E-state index contributed by atoms with van der Waals surface area (Å²) in [7, 11) is 0. The number of nitrogens with zero attached hydrogens (tertiary/aromatic N) is 1. The molecule has 2 fully saturated rings. The molecule has 178 valence electrons. The van der Waals surface area contributed by atoms with Crippen LogP contribution in [0.1, 0.15) is 49.1 Å². The van der Waals surface area contributed by atoms with Crippen LogP contribution in [0.5, 0.6) is 0 Å². The smallest absolute Gasteiger partial charge is 0.407 e. The van der Waals surface area contributed by atoms with Crippen LogP contribution in [0.15, 0.2) is 48.5 Å². The van der Waals surface area contributed by atoms with Gasteiger partial charge in [0.15, 0.2) is 0 Å². The zero-order valence-electron chi connectivity index (χ0n) is 19.1. The van der Waals surface area contributed by atoms with E-state index in [4.69, 9.17) is 4.74 Å². The molecule has 1 saturated carbocycles. The fraction of sp³-hybridized carbons (Fsp3) is 0.444. The number of carboxylic acid groups (broad SMARTS) is 1. The number of piperidine rings is 1. The highest BCUT2D eigenvalue weighted by Crippen LogP contribution is 2.44. The highest BCUT2D eigenvalue weighted by Gasteiger charge is 2.36. The summed E-state index contributed by atoms with van der Waals surface area (Å²) in [4.78, 5) is 38.9. The Morgan fingerprint density at radius 2 is 1.53 bits per heavy atom. The zero-order chi connectivity index (χ0) is 23.7. The van der Waals surface area contributed by atoms with E-state index < -0.39 is 24.0 Å². The van der Waals surface area contributed by atoms with Crippen molar-refractivity contribution in [3.05, 3.63) is 59.7 Å². The number of hydrogen-bond donors (Lipinski definition) is 2. The third-order valence-corrected chi connectivity index (χ3v) is 7.36. The maximum Gasteiger partial charge on any atom is 0.407 e. The first-order valence-electron chi connectivity index (χ1n) is 12.1. The Hall–Kier alpha value is -3.35. The lowest BCUT2D eigenvalue weighted by molar-refractivity contribution is -0.146. The topological polar surface area (TPSA) is 95.9 Å². The van der Waals surface area contributed by atoms with Gasteiger partial charge in [-0.05, 0) is 47.4 Å². The largest absolute Gasteiger partial charge is 0.481 e. The van der Waals surface area contributed by atoms with Crippen LogP contribution in [0.2, 0.25) is 0 Å². The van der Waals surface area contributed by atoms with E-state index in [2.05, 4.69) is 29.6 Å². The van der Waals surface area contributed by atoms with Crippen molar-refractivity contribution in [2.45, 2.75) is 44.1 Å². The number of rotatable bonds is 7. The molecule has 1 heterocycles. The summed E-state index contributed by atoms with van der Waals surface area (Å²) in [5, 5.41) is 12.0. The molecule has 1 atom stereocenters. The van der Waals surface area contributed by atoms with Crippen molar-refractivity contribution in [2.75, 3.05) is 19.7 Å². The van der Waals surface area contributed by atoms with Crippen LogP contribution in [0.25, 0.3) is 11.1 Å². The summed E-state index contributed by atoms with van der Waals surface area (Å²) < 4.78 is 5.66. The zero-order valence-corrected chi connectivity index (χ0v) is 19.1. The molecule has 0 spiro atoms. The summed E-state index contributed by atoms with van der Waals surface area (Å²) in [6.45, 7) is 1.01. The summed E-state index contributed by atoms with van der Waals surface area (Å²) in [5.74, 6) is -0.936. The first-order valence-corrected chi connectivity index (χ1v) is 12.1. The lowest BCUT2D eigenvalue weighted by Crippen LogP contribution is -2.51. The second-order valence-electron chi connectivity index (χ2n) is 9.64. The minimum absolute atomic E-state index is 0.0363. The highest BCUT2D eigenvalue weighted by molar-refractivity contribution is 5.86. The van der Waals surface area contributed by atoms with E-state index in [0.29, 0.717) is 38.3 Å². The van der Waals surface area contributed by atoms with Crippen molar-refractivity contribution in [3.8, 4) is 11.1 Å². The van der Waals surface area contributed by atoms with Crippen LogP contribution in [0.4, 0.5) is 4.79 Å². The van der Waals surface area contributed by atoms with Crippen molar-refractivity contribution >= 4 is 18.0 Å². The van der Waals surface area contributed by atoms with Crippen LogP contribution in [-0.4, -0.2) is 53.7 Å². The van der Waals surface area contributed by atoms with Crippen molar-refractivity contribution < 1.29 is 24.2 Å². The normalized spacial score (nSPS) is 18.6. The van der Waals surface area contributed by atoms with E-state index in [-0.39, 0.29) is 18.4 Å². The van der Waals surface area contributed by atoms with Crippen LogP contribution in [0.3, 0.4) is 0 Å². The van der Waals surface area contributed by atoms with Crippen molar-refractivity contribution in [1.29, 1.82) is 0 Å². The van der Waals surface area contributed by atoms with Gasteiger partial charge in [0.05, 0.1) is 5.92 Å². The molecule has 34 heavy (non-hydrogen) atoms. The number of ether oxygens (including phenoxy) is 1. The fourth-order valence-corrected chi connectivity index (χ4v) is 5.26. The third-order valence-electron chi connectivity index (χ3n) is 7.36. The minimum atomic E-state index is -0.807. The molecule has 1 saturated heterocycles. The Morgan fingerprint density at radius 3 is 2.09 bits per heavy atom. The predicted octanol–water partition coefficient (Wildman–Crippen LogP) is 4.02. The van der Waals surface area contributed by atoms with Gasteiger partial charge in [-0.25, -0.2) is 4.79 Å². The molecule has 5 rings (SSSR count). The Kier molecular flexibility index (Phi) is 6.26. The summed E-state index contributed by atoms with van der Waals surface area (Å²) in [6, 6.07) is 15.7. The van der Waals surface area contributed by atoms with E-state index in [1.807, 2.05) is 24.3 Å². The molecular formula is C27H30N2O5. The van der Waals surface area contributed by atoms with Gasteiger partial charge in [0.1, 0.15) is 12.6 Å². The van der Waals surface area contributed by atoms with Gasteiger partial charge >= 0.3 is 12.1 Å². The van der Waals surface area contributed by atoms with Gasteiger partial charge < -0.3 is 20.1 Å². The van der Waals surface area contributed by atoms with Crippen LogP contribution < -0.4 is 5.32 Å². The maximum atomic E-state index is 13.2. The summed E-state index contributed by atoms with van der Waals surface area (Å²) >= 11 is 0. The number of hydrogen-bond acceptors (Lipinski definition) is 4. The molecule has 7 nitrogen and oxygen atoms in total. The van der Waals surface area contributed by atoms with E-state index in [9.17, 15) is 19.5 Å². The number of carbonyl (C=O) groups excluding carboxylic acids is 2. The number of likely N-dealkylation sites (tertiary alicyclic amines) is 1. The van der Waals surface area contributed by atoms with Crippen molar-refractivity contribution in [1.82, 2.24) is 10.2 Å². The number of benzene rings is 2. The van der Waals surface area contributed by atoms with E-state index in [1.165, 1.54) is 11.1 Å². The number of carbonyl (C=O) groups is 3. The number of amides is 2. The molecule has 0 aromatic heterocycles. The molecule has 2 N–H and O–H groups in total. The van der Waals surface area contributed by atoms with Gasteiger partial charge in [-0.3, -0.25) is 9.59 Å². The number of fused-ring (bicyclic) bond motifs is 3. The average Bonchev–Trinajstić information content (AvgIpc) is 3.62. The minimum Gasteiger partial charge on any atom is -0.481 e. The van der Waals surface area contributed by atoms with E-state index >= 15 is 0 Å². The van der Waals surface area contributed by atoms with Crippen molar-refractivity contribution in [2.24, 2.45) is 11.8 Å². The van der Waals surface area contributed by atoms with Gasteiger partial charge in [-0.2, -0.15) is 0 Å². The first-order chi connectivity index (χ1) is 16.5. The molecule has 3 aliphatic rings. The predicted molar refractivity (Wildman–Crippen MR) is 126 cm³/mol. The molecule has 0 unspecified atom stereocenters. The fourth-order valence-electron chi connectivity index (χ4n) is 5.26. The Bertz CT molecular complexity index is 1040. The van der Waals surface area contributed by atoms with Crippen LogP contribution in [-0.2, 0) is 14.3 Å². The van der Waals surface area contributed by atoms with Crippen LogP contribution >= 0.6 is 0 Å². The van der Waals surface area contributed by atoms with Crippen molar-refractivity contribution in [3.63, 3.8) is 0 Å². The Labute approximate surface area is 199 Å². The van der Waals surface area contributed by atoms with E-state index in [0.717, 1.165) is 24.0 Å². The summed E-state index contributed by atoms with van der Waals surface area (Å²) in [5.41, 5.74) is 4.61. The lowest BCUT2D eigenvalue weighted by atomic mass is 9.96. The Morgan fingerprint density at radius 1 is 0.941 bits per heavy atom. The molecule has 1 aliphatic heterocycles. The number of aliphatic carboxylic acids is 1. The lowest BCUT2D eigenvalue weighted by Gasteiger charge is -2.33. The molecule has 0 radical (unpaired) electrons. The molecule has 0 bridgehead atoms. The monoisotopic (exact) mass is 462 g/mol. The second-order valence-corrected chi connectivity index (χ2v) is 9.64. The number of nitrogens with one attached hydrogen (secondary N) is 1. The molecule has 2 aromatic rings. The van der Waals surface area contributed by atoms with Crippen LogP contribution in [0, 0.1) is 11.8 Å². The molecular weight excluding hydrogens is 432 g/mol. The van der Waals surface area contributed by atoms with Gasteiger partial charge in [0.2, 0.25) is 5.91 Å². The average molecular weight is 463 g/mol. The third kappa shape index (κ3) is 4.65. The first kappa shape index (κ1) is 22.4. The van der Waals surface area contributed by atoms with E-state index in [1.54, 1.807) is 4.90 Å². The number of alkyl carbamates (subject to hydrolysis) is 1. The summed E-state index contributed by atoms with van der Waals surface area (Å²) in [6.07, 6.45) is 3.04. The molecule has 7 heteroatoms. The molecule has 2 amide bonds.